The number of aryl methyl sites for hydroxylation is 1. The number of β-amino-alcohol motifs (C(OH)–C–C–N with tert-alkyl or cyclic N) is 1. The number of hydrogen-bond acceptors (Lipinski definition) is 18. The second-order valence-corrected chi connectivity index (χ2v) is 21.6. The van der Waals surface area contributed by atoms with Gasteiger partial charge in [-0.05, 0) is 91.2 Å². The summed E-state index contributed by atoms with van der Waals surface area (Å²) >= 11 is 1.58. The van der Waals surface area contributed by atoms with Gasteiger partial charge in [-0.2, -0.15) is 0 Å². The summed E-state index contributed by atoms with van der Waals surface area (Å²) in [4.78, 5) is 48.6. The van der Waals surface area contributed by atoms with Crippen LogP contribution in [0.5, 0.6) is 23.3 Å². The number of nitrogens with one attached hydrogen (secondary N) is 1. The second kappa shape index (κ2) is 22.4. The van der Waals surface area contributed by atoms with Crippen molar-refractivity contribution in [3.05, 3.63) is 126 Å². The van der Waals surface area contributed by atoms with Gasteiger partial charge in [0.2, 0.25) is 17.7 Å². The zero-order valence-electron chi connectivity index (χ0n) is 43.7. The summed E-state index contributed by atoms with van der Waals surface area (Å²) in [5, 5.41) is 36.8. The molecule has 0 radical (unpaired) electrons. The number of likely N-dealkylation sites (tertiary alicyclic amines) is 1. The Hall–Kier alpha value is -8.28. The molecule has 1 saturated carbocycles. The summed E-state index contributed by atoms with van der Waals surface area (Å²) in [5.41, 5.74) is 14.8. The number of piperazine rings is 1. The smallest absolute Gasteiger partial charge is 0.255 e. The molecule has 2 bridgehead atoms. The minimum Gasteiger partial charge on any atom is -0.507 e. The van der Waals surface area contributed by atoms with Gasteiger partial charge in [0.05, 0.1) is 45.8 Å². The summed E-state index contributed by atoms with van der Waals surface area (Å²) in [6, 6.07) is 25.6. The molecule has 2 aromatic carbocycles. The van der Waals surface area contributed by atoms with E-state index in [0.29, 0.717) is 53.0 Å². The number of phenolic OH excluding ortho intramolecular Hbond substituents is 1. The Morgan fingerprint density at radius 2 is 1.68 bits per heavy atom. The van der Waals surface area contributed by atoms with Gasteiger partial charge in [0, 0.05) is 80.6 Å². The highest BCUT2D eigenvalue weighted by Gasteiger charge is 2.44. The molecule has 1 aliphatic carbocycles. The van der Waals surface area contributed by atoms with E-state index in [1.165, 1.54) is 4.90 Å². The Kier molecular flexibility index (Phi) is 14.9. The Labute approximate surface area is 455 Å². The van der Waals surface area contributed by atoms with Crippen LogP contribution in [-0.4, -0.2) is 120 Å². The average molecular weight is 1070 g/mol. The molecular formula is C58H61N11O8S. The van der Waals surface area contributed by atoms with E-state index in [0.717, 1.165) is 59.0 Å². The van der Waals surface area contributed by atoms with Crippen LogP contribution >= 0.6 is 11.3 Å². The lowest BCUT2D eigenvalue weighted by molar-refractivity contribution is -0.141. The topological polar surface area (TPSA) is 241 Å². The fourth-order valence-corrected chi connectivity index (χ4v) is 11.9. The van der Waals surface area contributed by atoms with Gasteiger partial charge in [0.1, 0.15) is 41.4 Å². The lowest BCUT2D eigenvalue weighted by Crippen LogP contribution is -2.54. The number of carbonyl (C=O) groups excluding carboxylic acids is 2. The largest absolute Gasteiger partial charge is 0.507 e. The van der Waals surface area contributed by atoms with Gasteiger partial charge in [-0.1, -0.05) is 56.2 Å². The number of nitrogens with zero attached hydrogens (tertiary/aromatic N) is 9. The van der Waals surface area contributed by atoms with E-state index >= 15 is 0 Å². The number of para-hydroxylation sites is 1. The monoisotopic (exact) mass is 1070 g/mol. The first-order chi connectivity index (χ1) is 37.8. The Balaban J connectivity index is 0.627. The summed E-state index contributed by atoms with van der Waals surface area (Å²) in [5.74, 6) is 6.46. The number of aromatic hydroxyl groups is 1. The summed E-state index contributed by atoms with van der Waals surface area (Å²) < 4.78 is 24.0. The molecule has 3 saturated heterocycles. The Morgan fingerprint density at radius 1 is 0.897 bits per heavy atom. The predicted molar refractivity (Wildman–Crippen MR) is 293 cm³/mol. The Bertz CT molecular complexity index is 3320. The fraction of sp³-hybridized carbons (Fsp3) is 0.379. The number of nitrogen functional groups attached to an aromatic ring is 1. The molecule has 6 atom stereocenters. The van der Waals surface area contributed by atoms with Crippen LogP contribution < -0.4 is 35.1 Å². The lowest BCUT2D eigenvalue weighted by atomic mass is 9.91. The Morgan fingerprint density at radius 3 is 2.41 bits per heavy atom. The van der Waals surface area contributed by atoms with Gasteiger partial charge in [0.25, 0.3) is 5.88 Å². The SMILES string of the molecule is Cc1ncsc1-c1ccc([C@H](C)NC(=O)[C@@H]2C[C@@H](O)CN2C(=O)[C@@H](c2cc(OCC#Cc3ccc(O[C@H]4C[C@H](Oc5cc(N6C7CCC6CN(c6cc(-c8ccccc8O)nnc6N)C7)ccn5)C4)cn3)no2)C(C)C)cc1. The highest BCUT2D eigenvalue weighted by atomic mass is 32.1. The van der Waals surface area contributed by atoms with Crippen LogP contribution in [0.4, 0.5) is 17.2 Å². The predicted octanol–water partition coefficient (Wildman–Crippen LogP) is 7.50. The van der Waals surface area contributed by atoms with E-state index in [1.54, 1.807) is 41.8 Å². The van der Waals surface area contributed by atoms with Crippen molar-refractivity contribution < 1.29 is 38.5 Å². The van der Waals surface area contributed by atoms with Crippen LogP contribution in [0.2, 0.25) is 0 Å². The van der Waals surface area contributed by atoms with E-state index in [-0.39, 0.29) is 79.3 Å². The van der Waals surface area contributed by atoms with Gasteiger partial charge in [-0.25, -0.2) is 15.0 Å². The van der Waals surface area contributed by atoms with Crippen molar-refractivity contribution in [3.8, 4) is 56.8 Å². The average Bonchev–Trinajstić information content (AvgIpc) is 4.28. The van der Waals surface area contributed by atoms with Crippen LogP contribution in [0.25, 0.3) is 21.7 Å². The molecule has 3 aliphatic heterocycles. The molecular weight excluding hydrogens is 1010 g/mol. The van der Waals surface area contributed by atoms with E-state index < -0.39 is 18.1 Å². The maximum absolute atomic E-state index is 14.2. The third-order valence-corrected chi connectivity index (χ3v) is 16.1. The number of aliphatic hydroxyl groups excluding tert-OH is 1. The quantitative estimate of drug-likeness (QED) is 0.0685. The zero-order valence-corrected chi connectivity index (χ0v) is 44.5. The molecule has 7 aromatic rings. The highest BCUT2D eigenvalue weighted by Crippen LogP contribution is 2.41. The third-order valence-electron chi connectivity index (χ3n) is 15.1. The van der Waals surface area contributed by atoms with Crippen molar-refractivity contribution in [3.63, 3.8) is 0 Å². The van der Waals surface area contributed by atoms with E-state index in [9.17, 15) is 19.8 Å². The molecule has 4 aliphatic rings. The molecule has 19 nitrogen and oxygen atoms in total. The zero-order chi connectivity index (χ0) is 54.0. The number of benzene rings is 2. The molecule has 8 heterocycles. The van der Waals surface area contributed by atoms with Crippen LogP contribution in [-0.2, 0) is 9.59 Å². The van der Waals surface area contributed by atoms with Crippen LogP contribution in [0.3, 0.4) is 0 Å². The van der Waals surface area contributed by atoms with Crippen LogP contribution in [0.15, 0.2) is 107 Å². The number of aliphatic hydroxyl groups is 1. The summed E-state index contributed by atoms with van der Waals surface area (Å²) in [7, 11) is 0. The fourth-order valence-electron chi connectivity index (χ4n) is 11.0. The molecule has 2 amide bonds. The molecule has 11 rings (SSSR count). The molecule has 2 unspecified atom stereocenters. The van der Waals surface area contributed by atoms with E-state index in [1.807, 2.05) is 100 Å². The number of phenols is 1. The maximum atomic E-state index is 14.2. The number of pyridine rings is 2. The summed E-state index contributed by atoms with van der Waals surface area (Å²) in [6.45, 7) is 9.20. The number of amides is 2. The van der Waals surface area contributed by atoms with Crippen molar-refractivity contribution in [2.75, 3.05) is 41.8 Å². The van der Waals surface area contributed by atoms with Gasteiger partial charge < -0.3 is 54.7 Å². The molecule has 402 valence electrons. The van der Waals surface area contributed by atoms with Gasteiger partial charge in [-0.15, -0.1) is 21.5 Å². The van der Waals surface area contributed by atoms with Crippen molar-refractivity contribution >= 4 is 40.3 Å². The number of rotatable bonds is 16. The number of aromatic nitrogens is 6. The number of ether oxygens (including phenoxy) is 3. The molecule has 4 fully saturated rings. The molecule has 5 N–H and O–H groups in total. The normalized spacial score (nSPS) is 21.3. The number of thiazole rings is 1. The van der Waals surface area contributed by atoms with E-state index in [2.05, 4.69) is 57.3 Å². The number of anilines is 3. The first kappa shape index (κ1) is 51.8. The van der Waals surface area contributed by atoms with E-state index in [4.69, 9.17) is 24.5 Å². The second-order valence-electron chi connectivity index (χ2n) is 20.8. The van der Waals surface area contributed by atoms with Gasteiger partial charge >= 0.3 is 0 Å². The standard InChI is InChI=1S/C58H61N11O8S/c1-33(2)54(58(73)68-31-42(70)23-49(68)57(72)63-34(3)36-11-13-37(14-12-36)55-35(4)62-32-78-55)51-27-53(66-77-51)74-21-7-8-38-15-18-43(28-61-38)75-44-24-45(25-44)76-52-22-39(19-20-60-52)69-40-16-17-41(69)30-67(29-40)48-26-47(64-65-56(48)59)46-9-5-6-10-50(46)71/h5-6,9-15,18-20,22,26-28,32-34,40-42,44-45,49,54,70-71H,16-17,21,23-25,29-31H2,1-4H3,(H2,59,65)(H,63,72)/t34-,40?,41?,42+,44-,45-,49-,54+/m0/s1. The molecule has 78 heavy (non-hydrogen) atoms. The van der Waals surface area contributed by atoms with Crippen LogP contribution in [0, 0.1) is 24.7 Å². The van der Waals surface area contributed by atoms with Crippen molar-refractivity contribution in [1.29, 1.82) is 0 Å². The molecule has 0 spiro atoms. The summed E-state index contributed by atoms with van der Waals surface area (Å²) in [6.07, 6.45) is 6.18. The van der Waals surface area contributed by atoms with Crippen molar-refractivity contribution in [2.45, 2.75) is 108 Å². The number of carbonyl (C=O) groups is 2. The minimum atomic E-state index is -0.860. The van der Waals surface area contributed by atoms with Gasteiger partial charge in [0.15, 0.2) is 18.2 Å². The lowest BCUT2D eigenvalue weighted by Gasteiger charge is -2.43. The molecule has 5 aromatic heterocycles. The molecule has 20 heteroatoms. The minimum absolute atomic E-state index is 0.0129. The van der Waals surface area contributed by atoms with Crippen LogP contribution in [0.1, 0.15) is 87.5 Å². The third kappa shape index (κ3) is 11.1. The van der Waals surface area contributed by atoms with Crippen molar-refractivity contribution in [2.24, 2.45) is 5.92 Å². The highest BCUT2D eigenvalue weighted by molar-refractivity contribution is 7.13. The maximum Gasteiger partial charge on any atom is 0.255 e. The first-order valence-corrected chi connectivity index (χ1v) is 27.3. The number of fused-ring (bicyclic) bond motifs is 2. The van der Waals surface area contributed by atoms with Crippen molar-refractivity contribution in [1.82, 2.24) is 40.5 Å². The number of hydrogen-bond donors (Lipinski definition) is 4. The number of nitrogens with two attached hydrogens (primary N) is 1. The van der Waals surface area contributed by atoms with Gasteiger partial charge in [-0.3, -0.25) is 9.59 Å². The first-order valence-electron chi connectivity index (χ1n) is 26.4.